The molecular formula is C13H14Cl2N2O2. The van der Waals surface area contributed by atoms with Crippen molar-refractivity contribution >= 4 is 23.2 Å². The summed E-state index contributed by atoms with van der Waals surface area (Å²) in [6.45, 7) is 0. The molecule has 4 nitrogen and oxygen atoms in total. The lowest BCUT2D eigenvalue weighted by Crippen LogP contribution is -2.09. The molecule has 0 radical (unpaired) electrons. The third-order valence-electron chi connectivity index (χ3n) is 2.90. The average Bonchev–Trinajstić information content (AvgIpc) is 2.75. The number of methoxy groups -OCH3 is 1. The van der Waals surface area contributed by atoms with E-state index in [1.54, 1.807) is 37.2 Å². The molecule has 0 aliphatic rings. The zero-order valence-corrected chi connectivity index (χ0v) is 12.1. The molecule has 0 saturated carbocycles. The van der Waals surface area contributed by atoms with Gasteiger partial charge in [-0.3, -0.25) is 4.68 Å². The molecule has 1 N–H and O–H groups in total. The molecular weight excluding hydrogens is 287 g/mol. The highest BCUT2D eigenvalue weighted by Crippen LogP contribution is 2.29. The summed E-state index contributed by atoms with van der Waals surface area (Å²) in [7, 11) is 3.31. The number of rotatable bonds is 4. The lowest BCUT2D eigenvalue weighted by atomic mass is 10.1. The van der Waals surface area contributed by atoms with E-state index < -0.39 is 6.10 Å². The summed E-state index contributed by atoms with van der Waals surface area (Å²) in [6.07, 6.45) is 1.26. The van der Waals surface area contributed by atoms with Crippen molar-refractivity contribution in [2.24, 2.45) is 7.05 Å². The van der Waals surface area contributed by atoms with Gasteiger partial charge in [0.1, 0.15) is 11.8 Å². The Balaban J connectivity index is 2.22. The summed E-state index contributed by atoms with van der Waals surface area (Å²) in [5.74, 6) is 0.565. The Morgan fingerprint density at radius 1 is 1.37 bits per heavy atom. The second-order valence-electron chi connectivity index (χ2n) is 4.19. The van der Waals surface area contributed by atoms with Gasteiger partial charge in [0.15, 0.2) is 5.75 Å². The third-order valence-corrected chi connectivity index (χ3v) is 3.64. The molecule has 19 heavy (non-hydrogen) atoms. The minimum Gasteiger partial charge on any atom is -0.493 e. The first-order valence-electron chi connectivity index (χ1n) is 5.70. The molecule has 1 heterocycles. The van der Waals surface area contributed by atoms with Crippen molar-refractivity contribution < 1.29 is 9.84 Å². The van der Waals surface area contributed by atoms with Crippen LogP contribution in [0, 0.1) is 0 Å². The van der Waals surface area contributed by atoms with E-state index >= 15 is 0 Å². The molecule has 102 valence electrons. The predicted molar refractivity (Wildman–Crippen MR) is 74.9 cm³/mol. The van der Waals surface area contributed by atoms with Crippen molar-refractivity contribution in [1.82, 2.24) is 9.78 Å². The maximum Gasteiger partial charge on any atom is 0.162 e. The summed E-state index contributed by atoms with van der Waals surface area (Å²) in [4.78, 5) is 0. The largest absolute Gasteiger partial charge is 0.493 e. The number of aromatic nitrogens is 2. The van der Waals surface area contributed by atoms with Crippen LogP contribution >= 0.6 is 23.2 Å². The van der Waals surface area contributed by atoms with Crippen molar-refractivity contribution in [3.8, 4) is 5.75 Å². The van der Waals surface area contributed by atoms with Crippen LogP contribution in [0.1, 0.15) is 17.4 Å². The molecule has 1 aromatic heterocycles. The summed E-state index contributed by atoms with van der Waals surface area (Å²) in [6, 6.07) is 5.29. The topological polar surface area (TPSA) is 47.3 Å². The molecule has 2 aromatic rings. The van der Waals surface area contributed by atoms with Crippen LogP contribution in [0.4, 0.5) is 0 Å². The van der Waals surface area contributed by atoms with E-state index in [1.807, 2.05) is 6.07 Å². The fourth-order valence-electron chi connectivity index (χ4n) is 1.95. The maximum absolute atomic E-state index is 10.3. The van der Waals surface area contributed by atoms with Gasteiger partial charge in [-0.2, -0.15) is 5.10 Å². The molecule has 6 heteroatoms. The van der Waals surface area contributed by atoms with Gasteiger partial charge in [-0.15, -0.1) is 0 Å². The fraction of sp³-hybridized carbons (Fsp3) is 0.308. The van der Waals surface area contributed by atoms with E-state index in [1.165, 1.54) is 0 Å². The number of aliphatic hydroxyl groups is 1. The quantitative estimate of drug-likeness (QED) is 0.944. The number of hydrogen-bond donors (Lipinski definition) is 1. The van der Waals surface area contributed by atoms with Crippen LogP contribution in [0.25, 0.3) is 0 Å². The third kappa shape index (κ3) is 3.03. The molecule has 1 atom stereocenters. The number of benzene rings is 1. The van der Waals surface area contributed by atoms with E-state index in [9.17, 15) is 5.11 Å². The van der Waals surface area contributed by atoms with Crippen LogP contribution in [0.3, 0.4) is 0 Å². The molecule has 0 amide bonds. The maximum atomic E-state index is 10.3. The second-order valence-corrected chi connectivity index (χ2v) is 5.00. The first-order valence-corrected chi connectivity index (χ1v) is 6.46. The number of hydrogen-bond acceptors (Lipinski definition) is 3. The Bertz CT molecular complexity index is 584. The number of halogens is 2. The molecule has 0 spiro atoms. The second kappa shape index (κ2) is 5.82. The Kier molecular flexibility index (Phi) is 4.34. The van der Waals surface area contributed by atoms with Crippen molar-refractivity contribution in [1.29, 1.82) is 0 Å². The lowest BCUT2D eigenvalue weighted by Gasteiger charge is -2.13. The van der Waals surface area contributed by atoms with Gasteiger partial charge >= 0.3 is 0 Å². The molecule has 1 unspecified atom stereocenters. The van der Waals surface area contributed by atoms with Gasteiger partial charge in [-0.25, -0.2) is 0 Å². The zero-order chi connectivity index (χ0) is 14.0. The van der Waals surface area contributed by atoms with Gasteiger partial charge in [0, 0.05) is 13.5 Å². The lowest BCUT2D eigenvalue weighted by molar-refractivity contribution is 0.164. The highest BCUT2D eigenvalue weighted by molar-refractivity contribution is 6.42. The van der Waals surface area contributed by atoms with E-state index in [-0.39, 0.29) is 0 Å². The monoisotopic (exact) mass is 300 g/mol. The first-order chi connectivity index (χ1) is 9.02. The fourth-order valence-corrected chi connectivity index (χ4v) is 2.27. The summed E-state index contributed by atoms with van der Waals surface area (Å²) in [5.41, 5.74) is 1.53. The number of ether oxygens (including phenoxy) is 1. The Labute approximate surface area is 121 Å². The summed E-state index contributed by atoms with van der Waals surface area (Å²) < 4.78 is 6.78. The minimum absolute atomic E-state index is 0.410. The Hall–Kier alpha value is -1.23. The van der Waals surface area contributed by atoms with Crippen LogP contribution in [-0.4, -0.2) is 22.0 Å². The van der Waals surface area contributed by atoms with Crippen LogP contribution in [-0.2, 0) is 13.5 Å². The van der Waals surface area contributed by atoms with E-state index in [4.69, 9.17) is 27.9 Å². The predicted octanol–water partition coefficient (Wildman–Crippen LogP) is 3.01. The van der Waals surface area contributed by atoms with E-state index in [2.05, 4.69) is 5.10 Å². The number of aryl methyl sites for hydroxylation is 1. The van der Waals surface area contributed by atoms with Gasteiger partial charge in [0.05, 0.1) is 23.4 Å². The number of nitrogens with zero attached hydrogens (tertiary/aromatic N) is 2. The minimum atomic E-state index is -0.723. The zero-order valence-electron chi connectivity index (χ0n) is 10.6. The van der Waals surface area contributed by atoms with Crippen LogP contribution < -0.4 is 4.74 Å². The highest BCUT2D eigenvalue weighted by Gasteiger charge is 2.19. The summed E-state index contributed by atoms with van der Waals surface area (Å²) in [5, 5.41) is 15.3. The first kappa shape index (κ1) is 14.2. The molecule has 0 aliphatic heterocycles. The van der Waals surface area contributed by atoms with Crippen molar-refractivity contribution in [2.45, 2.75) is 12.5 Å². The SMILES string of the molecule is COc1cnn(C)c1C(O)Cc1ccc(Cl)c(Cl)c1. The van der Waals surface area contributed by atoms with Crippen molar-refractivity contribution in [3.63, 3.8) is 0 Å². The van der Waals surface area contributed by atoms with Crippen LogP contribution in [0.15, 0.2) is 24.4 Å². The van der Waals surface area contributed by atoms with Gasteiger partial charge in [0.25, 0.3) is 0 Å². The van der Waals surface area contributed by atoms with Crippen molar-refractivity contribution in [3.05, 3.63) is 45.7 Å². The molecule has 1 aromatic carbocycles. The molecule has 2 rings (SSSR count). The standard InChI is InChI=1S/C13H14Cl2N2O2/c1-17-13(12(19-2)7-16-17)11(18)6-8-3-4-9(14)10(15)5-8/h3-5,7,11,18H,6H2,1-2H3. The Morgan fingerprint density at radius 3 is 2.74 bits per heavy atom. The van der Waals surface area contributed by atoms with Gasteiger partial charge in [-0.05, 0) is 17.7 Å². The normalized spacial score (nSPS) is 12.5. The number of aliphatic hydroxyl groups excluding tert-OH is 1. The van der Waals surface area contributed by atoms with E-state index in [0.717, 1.165) is 5.56 Å². The molecule has 0 saturated heterocycles. The van der Waals surface area contributed by atoms with Gasteiger partial charge in [-0.1, -0.05) is 29.3 Å². The molecule has 0 fully saturated rings. The van der Waals surface area contributed by atoms with Gasteiger partial charge in [0.2, 0.25) is 0 Å². The summed E-state index contributed by atoms with van der Waals surface area (Å²) >= 11 is 11.8. The van der Waals surface area contributed by atoms with Crippen LogP contribution in [0.5, 0.6) is 5.75 Å². The van der Waals surface area contributed by atoms with Gasteiger partial charge < -0.3 is 9.84 Å². The average molecular weight is 301 g/mol. The van der Waals surface area contributed by atoms with Crippen molar-refractivity contribution in [2.75, 3.05) is 7.11 Å². The molecule has 0 aliphatic carbocycles. The Morgan fingerprint density at radius 2 is 2.11 bits per heavy atom. The van der Waals surface area contributed by atoms with E-state index in [0.29, 0.717) is 27.9 Å². The smallest absolute Gasteiger partial charge is 0.162 e. The van der Waals surface area contributed by atoms with Crippen LogP contribution in [0.2, 0.25) is 10.0 Å². The molecule has 0 bridgehead atoms. The highest BCUT2D eigenvalue weighted by atomic mass is 35.5.